The quantitative estimate of drug-likeness (QED) is 0.750. The predicted molar refractivity (Wildman–Crippen MR) is 74.9 cm³/mol. The Morgan fingerprint density at radius 1 is 1.14 bits per heavy atom. The molecule has 0 radical (unpaired) electrons. The third kappa shape index (κ3) is 6.42. The maximum absolute atomic E-state index is 11.5. The number of ether oxygens (including phenoxy) is 2. The van der Waals surface area contributed by atoms with E-state index >= 15 is 0 Å². The molecule has 0 fully saturated rings. The summed E-state index contributed by atoms with van der Waals surface area (Å²) in [6, 6.07) is 6.67. The summed E-state index contributed by atoms with van der Waals surface area (Å²) in [5, 5.41) is 4.21. The van der Waals surface area contributed by atoms with E-state index in [2.05, 4.69) is 5.32 Å². The number of aryl methyl sites for hydroxylation is 1. The van der Waals surface area contributed by atoms with Gasteiger partial charge in [0.05, 0.1) is 7.11 Å². The standard InChI is InChI=1S/C14H18N2O5/c1-15-14(19)16-12(17)9-21-13(18)8-5-10-3-6-11(20-2)7-4-10/h3-4,6-7H,5,8-9H2,1-2H3,(H2,15,16,17,19). The van der Waals surface area contributed by atoms with Gasteiger partial charge >= 0.3 is 12.0 Å². The first-order valence-corrected chi connectivity index (χ1v) is 6.35. The van der Waals surface area contributed by atoms with Crippen molar-refractivity contribution in [3.63, 3.8) is 0 Å². The zero-order chi connectivity index (χ0) is 15.7. The van der Waals surface area contributed by atoms with Gasteiger partial charge in [0, 0.05) is 13.5 Å². The van der Waals surface area contributed by atoms with Gasteiger partial charge in [-0.05, 0) is 24.1 Å². The predicted octanol–water partition coefficient (Wildman–Crippen LogP) is 0.627. The fourth-order valence-electron chi connectivity index (χ4n) is 1.48. The Kier molecular flexibility index (Phi) is 6.73. The van der Waals surface area contributed by atoms with Crippen molar-refractivity contribution in [1.82, 2.24) is 10.6 Å². The van der Waals surface area contributed by atoms with Crippen LogP contribution in [0.4, 0.5) is 4.79 Å². The smallest absolute Gasteiger partial charge is 0.321 e. The molecule has 1 aromatic carbocycles. The van der Waals surface area contributed by atoms with Gasteiger partial charge in [-0.15, -0.1) is 0 Å². The second kappa shape index (κ2) is 8.57. The zero-order valence-electron chi connectivity index (χ0n) is 12.0. The Morgan fingerprint density at radius 2 is 1.81 bits per heavy atom. The Bertz CT molecular complexity index is 499. The molecule has 2 N–H and O–H groups in total. The number of carbonyl (C=O) groups excluding carboxylic acids is 3. The van der Waals surface area contributed by atoms with Crippen LogP contribution < -0.4 is 15.4 Å². The van der Waals surface area contributed by atoms with Crippen LogP contribution >= 0.6 is 0 Å². The molecule has 0 atom stereocenters. The van der Waals surface area contributed by atoms with Crippen LogP contribution in [0.1, 0.15) is 12.0 Å². The molecule has 0 bridgehead atoms. The Balaban J connectivity index is 2.27. The molecule has 7 heteroatoms. The number of hydrogen-bond acceptors (Lipinski definition) is 5. The second-order valence-electron chi connectivity index (χ2n) is 4.14. The van der Waals surface area contributed by atoms with Gasteiger partial charge < -0.3 is 14.8 Å². The van der Waals surface area contributed by atoms with Gasteiger partial charge in [0.2, 0.25) is 0 Å². The van der Waals surface area contributed by atoms with Crippen LogP contribution in [-0.4, -0.2) is 38.7 Å². The number of benzene rings is 1. The minimum atomic E-state index is -0.674. The largest absolute Gasteiger partial charge is 0.497 e. The number of urea groups is 1. The van der Waals surface area contributed by atoms with Crippen molar-refractivity contribution in [2.75, 3.05) is 20.8 Å². The minimum absolute atomic E-state index is 0.152. The lowest BCUT2D eigenvalue weighted by Gasteiger charge is -2.06. The van der Waals surface area contributed by atoms with E-state index in [9.17, 15) is 14.4 Å². The summed E-state index contributed by atoms with van der Waals surface area (Å²) in [7, 11) is 2.96. The van der Waals surface area contributed by atoms with E-state index in [-0.39, 0.29) is 6.42 Å². The highest BCUT2D eigenvalue weighted by molar-refractivity contribution is 5.95. The summed E-state index contributed by atoms with van der Waals surface area (Å²) in [6.45, 7) is -0.477. The van der Waals surface area contributed by atoms with E-state index < -0.39 is 24.5 Å². The topological polar surface area (TPSA) is 93.7 Å². The molecule has 21 heavy (non-hydrogen) atoms. The minimum Gasteiger partial charge on any atom is -0.497 e. The van der Waals surface area contributed by atoms with E-state index in [0.717, 1.165) is 11.3 Å². The molecule has 0 aliphatic carbocycles. The lowest BCUT2D eigenvalue weighted by atomic mass is 10.1. The SMILES string of the molecule is CNC(=O)NC(=O)COC(=O)CCc1ccc(OC)cc1. The summed E-state index contributed by atoms with van der Waals surface area (Å²) in [5.74, 6) is -0.433. The number of imide groups is 1. The molecule has 1 rings (SSSR count). The highest BCUT2D eigenvalue weighted by Crippen LogP contribution is 2.12. The lowest BCUT2D eigenvalue weighted by molar-refractivity contribution is -0.148. The Labute approximate surface area is 122 Å². The van der Waals surface area contributed by atoms with Crippen LogP contribution in [0.2, 0.25) is 0 Å². The maximum Gasteiger partial charge on any atom is 0.321 e. The molecule has 0 unspecified atom stereocenters. The van der Waals surface area contributed by atoms with Gasteiger partial charge in [0.25, 0.3) is 5.91 Å². The second-order valence-corrected chi connectivity index (χ2v) is 4.14. The first kappa shape index (κ1) is 16.5. The van der Waals surface area contributed by atoms with Crippen molar-refractivity contribution in [2.45, 2.75) is 12.8 Å². The third-order valence-electron chi connectivity index (χ3n) is 2.62. The van der Waals surface area contributed by atoms with Gasteiger partial charge in [0.15, 0.2) is 6.61 Å². The van der Waals surface area contributed by atoms with Crippen LogP contribution in [0.25, 0.3) is 0 Å². The van der Waals surface area contributed by atoms with E-state index in [1.54, 1.807) is 19.2 Å². The van der Waals surface area contributed by atoms with Crippen LogP contribution in [0.3, 0.4) is 0 Å². The molecule has 0 saturated heterocycles. The van der Waals surface area contributed by atoms with Gasteiger partial charge in [0.1, 0.15) is 5.75 Å². The number of rotatable bonds is 6. The fourth-order valence-corrected chi connectivity index (χ4v) is 1.48. The summed E-state index contributed by atoms with van der Waals surface area (Å²) in [6.07, 6.45) is 0.652. The summed E-state index contributed by atoms with van der Waals surface area (Å²) in [4.78, 5) is 33.5. The lowest BCUT2D eigenvalue weighted by Crippen LogP contribution is -2.39. The number of esters is 1. The molecule has 0 aromatic heterocycles. The first-order valence-electron chi connectivity index (χ1n) is 6.35. The van der Waals surface area contributed by atoms with Gasteiger partial charge in [-0.3, -0.25) is 14.9 Å². The molecule has 3 amide bonds. The summed E-state index contributed by atoms with van der Waals surface area (Å²) >= 11 is 0. The molecule has 0 saturated carbocycles. The van der Waals surface area contributed by atoms with Crippen LogP contribution in [-0.2, 0) is 20.7 Å². The normalized spacial score (nSPS) is 9.62. The van der Waals surface area contributed by atoms with Gasteiger partial charge in [-0.25, -0.2) is 4.79 Å². The van der Waals surface area contributed by atoms with E-state index in [4.69, 9.17) is 9.47 Å². The fraction of sp³-hybridized carbons (Fsp3) is 0.357. The number of methoxy groups -OCH3 is 1. The van der Waals surface area contributed by atoms with Crippen LogP contribution in [0, 0.1) is 0 Å². The first-order chi connectivity index (χ1) is 10.0. The number of hydrogen-bond donors (Lipinski definition) is 2. The van der Waals surface area contributed by atoms with Gasteiger partial charge in [-0.1, -0.05) is 12.1 Å². The molecular formula is C14H18N2O5. The zero-order valence-corrected chi connectivity index (χ0v) is 12.0. The van der Waals surface area contributed by atoms with Crippen molar-refractivity contribution in [2.24, 2.45) is 0 Å². The molecule has 0 aliphatic heterocycles. The molecule has 0 spiro atoms. The van der Waals surface area contributed by atoms with Gasteiger partial charge in [-0.2, -0.15) is 0 Å². The average molecular weight is 294 g/mol. The summed E-state index contributed by atoms with van der Waals surface area (Å²) in [5.41, 5.74) is 0.961. The van der Waals surface area contributed by atoms with Crippen LogP contribution in [0.15, 0.2) is 24.3 Å². The molecule has 7 nitrogen and oxygen atoms in total. The monoisotopic (exact) mass is 294 g/mol. The maximum atomic E-state index is 11.5. The van der Waals surface area contributed by atoms with Crippen LogP contribution in [0.5, 0.6) is 5.75 Å². The van der Waals surface area contributed by atoms with Crippen molar-refractivity contribution in [3.8, 4) is 5.75 Å². The highest BCUT2D eigenvalue weighted by Gasteiger charge is 2.10. The van der Waals surface area contributed by atoms with Crippen molar-refractivity contribution < 1.29 is 23.9 Å². The number of amides is 3. The van der Waals surface area contributed by atoms with E-state index in [1.807, 2.05) is 17.4 Å². The average Bonchev–Trinajstić information content (AvgIpc) is 2.51. The van der Waals surface area contributed by atoms with E-state index in [0.29, 0.717) is 6.42 Å². The molecule has 114 valence electrons. The Morgan fingerprint density at radius 3 is 2.38 bits per heavy atom. The number of nitrogens with one attached hydrogen (secondary N) is 2. The van der Waals surface area contributed by atoms with E-state index in [1.165, 1.54) is 7.05 Å². The van der Waals surface area contributed by atoms with Crippen molar-refractivity contribution in [3.05, 3.63) is 29.8 Å². The highest BCUT2D eigenvalue weighted by atomic mass is 16.5. The molecule has 0 aliphatic rings. The van der Waals surface area contributed by atoms with Crippen molar-refractivity contribution in [1.29, 1.82) is 0 Å². The van der Waals surface area contributed by atoms with Crippen molar-refractivity contribution >= 4 is 17.9 Å². The summed E-state index contributed by atoms with van der Waals surface area (Å²) < 4.78 is 9.79. The number of carbonyl (C=O) groups is 3. The molecular weight excluding hydrogens is 276 g/mol. The molecule has 0 heterocycles. The Hall–Kier alpha value is -2.57. The molecule has 1 aromatic rings. The third-order valence-corrected chi connectivity index (χ3v) is 2.62.